The Morgan fingerprint density at radius 1 is 1.53 bits per heavy atom. The van der Waals surface area contributed by atoms with Crippen molar-refractivity contribution in [2.24, 2.45) is 0 Å². The average Bonchev–Trinajstić information content (AvgIpc) is 2.18. The Morgan fingerprint density at radius 2 is 2.27 bits per heavy atom. The molecule has 2 amide bonds. The van der Waals surface area contributed by atoms with Gasteiger partial charge in [0.25, 0.3) is 0 Å². The Labute approximate surface area is 90.1 Å². The van der Waals surface area contributed by atoms with Crippen molar-refractivity contribution in [1.82, 2.24) is 4.90 Å². The van der Waals surface area contributed by atoms with E-state index >= 15 is 0 Å². The van der Waals surface area contributed by atoms with Crippen LogP contribution < -0.4 is 11.1 Å². The molecule has 0 unspecified atom stereocenters. The van der Waals surface area contributed by atoms with Gasteiger partial charge in [0.1, 0.15) is 0 Å². The molecule has 0 radical (unpaired) electrons. The maximum absolute atomic E-state index is 11.6. The van der Waals surface area contributed by atoms with Gasteiger partial charge in [-0.1, -0.05) is 13.0 Å². The third-order valence-corrected chi connectivity index (χ3v) is 2.04. The molecule has 0 atom stereocenters. The van der Waals surface area contributed by atoms with Gasteiger partial charge in [-0.2, -0.15) is 0 Å². The smallest absolute Gasteiger partial charge is 0.321 e. The number of carbonyl (C=O) groups is 1. The van der Waals surface area contributed by atoms with E-state index in [1.807, 2.05) is 19.1 Å². The van der Waals surface area contributed by atoms with Gasteiger partial charge in [-0.25, -0.2) is 4.79 Å². The minimum Gasteiger partial charge on any atom is -0.399 e. The highest BCUT2D eigenvalue weighted by molar-refractivity contribution is 5.89. The van der Waals surface area contributed by atoms with Crippen LogP contribution in [-0.4, -0.2) is 24.5 Å². The summed E-state index contributed by atoms with van der Waals surface area (Å²) in [5.74, 6) is 0. The first kappa shape index (κ1) is 11.4. The van der Waals surface area contributed by atoms with Crippen LogP contribution in [0.1, 0.15) is 13.3 Å². The molecule has 0 aliphatic rings. The van der Waals surface area contributed by atoms with Crippen molar-refractivity contribution in [3.63, 3.8) is 0 Å². The quantitative estimate of drug-likeness (QED) is 0.746. The zero-order chi connectivity index (χ0) is 11.3. The van der Waals surface area contributed by atoms with Gasteiger partial charge in [-0.3, -0.25) is 0 Å². The normalized spacial score (nSPS) is 9.73. The summed E-state index contributed by atoms with van der Waals surface area (Å²) in [5, 5.41) is 2.77. The second-order valence-corrected chi connectivity index (χ2v) is 3.48. The van der Waals surface area contributed by atoms with Gasteiger partial charge >= 0.3 is 6.03 Å². The number of nitrogen functional groups attached to an aromatic ring is 1. The van der Waals surface area contributed by atoms with E-state index in [1.165, 1.54) is 0 Å². The molecular weight excluding hydrogens is 190 g/mol. The molecule has 0 saturated carbocycles. The number of hydrogen-bond acceptors (Lipinski definition) is 2. The Hall–Kier alpha value is -1.71. The van der Waals surface area contributed by atoms with Gasteiger partial charge in [0.2, 0.25) is 0 Å². The van der Waals surface area contributed by atoms with E-state index in [2.05, 4.69) is 5.32 Å². The number of nitrogens with one attached hydrogen (secondary N) is 1. The number of nitrogens with zero attached hydrogens (tertiary/aromatic N) is 1. The molecule has 1 rings (SSSR count). The minimum absolute atomic E-state index is 0.109. The van der Waals surface area contributed by atoms with Gasteiger partial charge in [-0.05, 0) is 24.6 Å². The summed E-state index contributed by atoms with van der Waals surface area (Å²) in [6.45, 7) is 2.78. The van der Waals surface area contributed by atoms with Crippen LogP contribution in [0.25, 0.3) is 0 Å². The largest absolute Gasteiger partial charge is 0.399 e. The van der Waals surface area contributed by atoms with Crippen LogP contribution in [0.15, 0.2) is 24.3 Å². The van der Waals surface area contributed by atoms with E-state index in [1.54, 1.807) is 24.1 Å². The van der Waals surface area contributed by atoms with Crippen LogP contribution in [0.4, 0.5) is 16.2 Å². The number of hydrogen-bond donors (Lipinski definition) is 2. The van der Waals surface area contributed by atoms with Crippen molar-refractivity contribution in [3.05, 3.63) is 24.3 Å². The molecule has 0 aromatic heterocycles. The average molecular weight is 207 g/mol. The predicted molar refractivity (Wildman–Crippen MR) is 62.8 cm³/mol. The second kappa shape index (κ2) is 5.24. The highest BCUT2D eigenvalue weighted by Gasteiger charge is 2.06. The van der Waals surface area contributed by atoms with Crippen LogP contribution in [-0.2, 0) is 0 Å². The fourth-order valence-electron chi connectivity index (χ4n) is 1.27. The molecule has 0 bridgehead atoms. The third kappa shape index (κ3) is 3.50. The summed E-state index contributed by atoms with van der Waals surface area (Å²) >= 11 is 0. The van der Waals surface area contributed by atoms with Gasteiger partial charge < -0.3 is 16.0 Å². The SMILES string of the molecule is CCCN(C)C(=O)Nc1cccc(N)c1. The van der Waals surface area contributed by atoms with Crippen LogP contribution >= 0.6 is 0 Å². The number of carbonyl (C=O) groups excluding carboxylic acids is 1. The van der Waals surface area contributed by atoms with E-state index in [4.69, 9.17) is 5.73 Å². The zero-order valence-corrected chi connectivity index (χ0v) is 9.16. The lowest BCUT2D eigenvalue weighted by Crippen LogP contribution is -2.31. The maximum atomic E-state index is 11.6. The molecule has 15 heavy (non-hydrogen) atoms. The molecule has 3 N–H and O–H groups in total. The number of anilines is 2. The van der Waals surface area contributed by atoms with E-state index in [9.17, 15) is 4.79 Å². The first-order valence-corrected chi connectivity index (χ1v) is 5.01. The number of amides is 2. The predicted octanol–water partition coefficient (Wildman–Crippen LogP) is 2.14. The Bertz CT molecular complexity index is 338. The number of urea groups is 1. The third-order valence-electron chi connectivity index (χ3n) is 2.04. The van der Waals surface area contributed by atoms with Crippen LogP contribution in [0.3, 0.4) is 0 Å². The van der Waals surface area contributed by atoms with Crippen molar-refractivity contribution in [2.75, 3.05) is 24.6 Å². The standard InChI is InChI=1S/C11H17N3O/c1-3-7-14(2)11(15)13-10-6-4-5-9(12)8-10/h4-6,8H,3,7,12H2,1-2H3,(H,13,15). The molecule has 0 spiro atoms. The minimum atomic E-state index is -0.109. The molecule has 82 valence electrons. The van der Waals surface area contributed by atoms with Gasteiger partial charge in [-0.15, -0.1) is 0 Å². The molecule has 0 saturated heterocycles. The van der Waals surface area contributed by atoms with Crippen LogP contribution in [0.5, 0.6) is 0 Å². The summed E-state index contributed by atoms with van der Waals surface area (Å²) in [7, 11) is 1.77. The molecule has 0 fully saturated rings. The van der Waals surface area contributed by atoms with E-state index in [0.29, 0.717) is 5.69 Å². The molecule has 4 nitrogen and oxygen atoms in total. The molecule has 0 aliphatic heterocycles. The molecule has 4 heteroatoms. The van der Waals surface area contributed by atoms with Crippen molar-refractivity contribution in [3.8, 4) is 0 Å². The summed E-state index contributed by atoms with van der Waals surface area (Å²) in [5.41, 5.74) is 6.97. The van der Waals surface area contributed by atoms with Gasteiger partial charge in [0.15, 0.2) is 0 Å². The lowest BCUT2D eigenvalue weighted by molar-refractivity contribution is 0.222. The zero-order valence-electron chi connectivity index (χ0n) is 9.16. The molecule has 1 aromatic carbocycles. The summed E-state index contributed by atoms with van der Waals surface area (Å²) in [6.07, 6.45) is 0.945. The van der Waals surface area contributed by atoms with Crippen LogP contribution in [0.2, 0.25) is 0 Å². The number of nitrogens with two attached hydrogens (primary N) is 1. The van der Waals surface area contributed by atoms with Crippen molar-refractivity contribution < 1.29 is 4.79 Å². The summed E-state index contributed by atoms with van der Waals surface area (Å²) in [6, 6.07) is 7.03. The number of benzene rings is 1. The molecule has 0 aliphatic carbocycles. The van der Waals surface area contributed by atoms with Crippen molar-refractivity contribution in [1.29, 1.82) is 0 Å². The second-order valence-electron chi connectivity index (χ2n) is 3.48. The topological polar surface area (TPSA) is 58.4 Å². The fraction of sp³-hybridized carbons (Fsp3) is 0.364. The highest BCUT2D eigenvalue weighted by Crippen LogP contribution is 2.12. The first-order chi connectivity index (χ1) is 7.13. The van der Waals surface area contributed by atoms with Crippen molar-refractivity contribution in [2.45, 2.75) is 13.3 Å². The van der Waals surface area contributed by atoms with Gasteiger partial charge in [0.05, 0.1) is 0 Å². The molecular formula is C11H17N3O. The van der Waals surface area contributed by atoms with Crippen molar-refractivity contribution >= 4 is 17.4 Å². The molecule has 1 aromatic rings. The summed E-state index contributed by atoms with van der Waals surface area (Å²) < 4.78 is 0. The fourth-order valence-corrected chi connectivity index (χ4v) is 1.27. The lowest BCUT2D eigenvalue weighted by Gasteiger charge is -2.16. The maximum Gasteiger partial charge on any atom is 0.321 e. The first-order valence-electron chi connectivity index (χ1n) is 5.01. The Balaban J connectivity index is 2.58. The highest BCUT2D eigenvalue weighted by atomic mass is 16.2. The number of rotatable bonds is 3. The summed E-state index contributed by atoms with van der Waals surface area (Å²) in [4.78, 5) is 13.2. The lowest BCUT2D eigenvalue weighted by atomic mass is 10.3. The molecule has 0 heterocycles. The van der Waals surface area contributed by atoms with Gasteiger partial charge in [0, 0.05) is 25.0 Å². The van der Waals surface area contributed by atoms with E-state index < -0.39 is 0 Å². The van der Waals surface area contributed by atoms with E-state index in [-0.39, 0.29) is 6.03 Å². The van der Waals surface area contributed by atoms with Crippen LogP contribution in [0, 0.1) is 0 Å². The monoisotopic (exact) mass is 207 g/mol. The Morgan fingerprint density at radius 3 is 2.87 bits per heavy atom. The van der Waals surface area contributed by atoms with E-state index in [0.717, 1.165) is 18.7 Å². The Kier molecular flexibility index (Phi) is 3.97.